The molecule has 0 amide bonds. The monoisotopic (exact) mass is 249 g/mol. The second kappa shape index (κ2) is 6.93. The van der Waals surface area contributed by atoms with E-state index in [-0.39, 0.29) is 0 Å². The lowest BCUT2D eigenvalue weighted by atomic mass is 10.0. The first-order valence-corrected chi connectivity index (χ1v) is 7.53. The van der Waals surface area contributed by atoms with E-state index in [4.69, 9.17) is 0 Å². The van der Waals surface area contributed by atoms with Gasteiger partial charge >= 0.3 is 0 Å². The van der Waals surface area contributed by atoms with Gasteiger partial charge in [-0.1, -0.05) is 26.7 Å². The van der Waals surface area contributed by atoms with Crippen LogP contribution in [-0.4, -0.2) is 15.6 Å². The van der Waals surface area contributed by atoms with Crippen molar-refractivity contribution in [3.63, 3.8) is 0 Å². The molecule has 2 rings (SSSR count). The van der Waals surface area contributed by atoms with Crippen LogP contribution < -0.4 is 5.32 Å². The van der Waals surface area contributed by atoms with E-state index in [1.165, 1.54) is 44.3 Å². The van der Waals surface area contributed by atoms with Crippen LogP contribution in [0.25, 0.3) is 0 Å². The van der Waals surface area contributed by atoms with E-state index in [1.54, 1.807) is 0 Å². The molecule has 2 unspecified atom stereocenters. The van der Waals surface area contributed by atoms with Crippen molar-refractivity contribution in [3.05, 3.63) is 18.2 Å². The van der Waals surface area contributed by atoms with Gasteiger partial charge in [-0.15, -0.1) is 0 Å². The molecule has 18 heavy (non-hydrogen) atoms. The van der Waals surface area contributed by atoms with Crippen LogP contribution in [-0.2, 0) is 13.1 Å². The van der Waals surface area contributed by atoms with Crippen molar-refractivity contribution in [3.8, 4) is 0 Å². The highest BCUT2D eigenvalue weighted by molar-refractivity contribution is 4.92. The van der Waals surface area contributed by atoms with E-state index in [1.807, 2.05) is 6.20 Å². The van der Waals surface area contributed by atoms with Crippen LogP contribution in [0.1, 0.15) is 58.2 Å². The molecule has 0 radical (unpaired) electrons. The maximum Gasteiger partial charge on any atom is 0.122 e. The maximum absolute atomic E-state index is 4.46. The van der Waals surface area contributed by atoms with Crippen molar-refractivity contribution in [1.29, 1.82) is 0 Å². The quantitative estimate of drug-likeness (QED) is 0.811. The maximum atomic E-state index is 4.46. The van der Waals surface area contributed by atoms with Crippen LogP contribution in [0.5, 0.6) is 0 Å². The Morgan fingerprint density at radius 1 is 1.33 bits per heavy atom. The zero-order valence-corrected chi connectivity index (χ0v) is 11.9. The van der Waals surface area contributed by atoms with Gasteiger partial charge in [0.25, 0.3) is 0 Å². The van der Waals surface area contributed by atoms with Crippen molar-refractivity contribution >= 4 is 0 Å². The average molecular weight is 249 g/mol. The molecule has 0 aromatic carbocycles. The first kappa shape index (κ1) is 13.6. The predicted octanol–water partition coefficient (Wildman–Crippen LogP) is 3.35. The van der Waals surface area contributed by atoms with Crippen molar-refractivity contribution in [2.45, 2.75) is 71.5 Å². The molecular weight excluding hydrogens is 222 g/mol. The summed E-state index contributed by atoms with van der Waals surface area (Å²) < 4.78 is 2.27. The Morgan fingerprint density at radius 3 is 3.06 bits per heavy atom. The zero-order chi connectivity index (χ0) is 12.8. The first-order valence-electron chi connectivity index (χ1n) is 7.53. The Morgan fingerprint density at radius 2 is 2.22 bits per heavy atom. The molecule has 1 N–H and O–H groups in total. The minimum atomic E-state index is 0.696. The Kier molecular flexibility index (Phi) is 5.24. The Hall–Kier alpha value is -0.830. The smallest absolute Gasteiger partial charge is 0.122 e. The van der Waals surface area contributed by atoms with Crippen molar-refractivity contribution in [1.82, 2.24) is 14.9 Å². The molecule has 1 aromatic rings. The molecule has 1 fully saturated rings. The number of rotatable bonds is 5. The largest absolute Gasteiger partial charge is 0.334 e. The molecule has 0 spiro atoms. The fourth-order valence-corrected chi connectivity index (χ4v) is 2.88. The predicted molar refractivity (Wildman–Crippen MR) is 75.4 cm³/mol. The molecule has 1 aliphatic rings. The SMILES string of the molecule is CCCn1ccnc1CNC1CCCC(C)CC1. The lowest BCUT2D eigenvalue weighted by Gasteiger charge is -2.16. The Balaban J connectivity index is 1.81. The van der Waals surface area contributed by atoms with Crippen LogP contribution in [0.3, 0.4) is 0 Å². The summed E-state index contributed by atoms with van der Waals surface area (Å²) in [5, 5.41) is 3.70. The van der Waals surface area contributed by atoms with Gasteiger partial charge in [-0.2, -0.15) is 0 Å². The molecular formula is C15H27N3. The molecule has 2 atom stereocenters. The van der Waals surface area contributed by atoms with Gasteiger partial charge in [0.1, 0.15) is 5.82 Å². The van der Waals surface area contributed by atoms with Crippen LogP contribution in [0, 0.1) is 5.92 Å². The van der Waals surface area contributed by atoms with Gasteiger partial charge in [0.15, 0.2) is 0 Å². The summed E-state index contributed by atoms with van der Waals surface area (Å²) in [7, 11) is 0. The fraction of sp³-hybridized carbons (Fsp3) is 0.800. The number of hydrogen-bond acceptors (Lipinski definition) is 2. The standard InChI is InChI=1S/C15H27N3/c1-3-10-18-11-9-16-15(18)12-17-14-6-4-5-13(2)7-8-14/h9,11,13-14,17H,3-8,10,12H2,1-2H3. The highest BCUT2D eigenvalue weighted by Crippen LogP contribution is 2.22. The summed E-state index contributed by atoms with van der Waals surface area (Å²) in [4.78, 5) is 4.46. The van der Waals surface area contributed by atoms with Gasteiger partial charge < -0.3 is 9.88 Å². The number of aromatic nitrogens is 2. The van der Waals surface area contributed by atoms with Gasteiger partial charge in [0.2, 0.25) is 0 Å². The summed E-state index contributed by atoms with van der Waals surface area (Å²) in [5.74, 6) is 2.10. The van der Waals surface area contributed by atoms with Crippen LogP contribution >= 0.6 is 0 Å². The highest BCUT2D eigenvalue weighted by Gasteiger charge is 2.16. The molecule has 1 saturated carbocycles. The van der Waals surface area contributed by atoms with E-state index in [0.717, 1.165) is 19.0 Å². The molecule has 1 heterocycles. The number of hydrogen-bond donors (Lipinski definition) is 1. The molecule has 3 nitrogen and oxygen atoms in total. The van der Waals surface area contributed by atoms with Crippen LogP contribution in [0.4, 0.5) is 0 Å². The molecule has 0 saturated heterocycles. The normalized spacial score (nSPS) is 25.0. The van der Waals surface area contributed by atoms with Gasteiger partial charge in [0.05, 0.1) is 6.54 Å². The fourth-order valence-electron chi connectivity index (χ4n) is 2.88. The number of nitrogens with zero attached hydrogens (tertiary/aromatic N) is 2. The Bertz CT molecular complexity index is 345. The van der Waals surface area contributed by atoms with Crippen molar-refractivity contribution in [2.24, 2.45) is 5.92 Å². The molecule has 0 bridgehead atoms. The Labute approximate surface area is 111 Å². The summed E-state index contributed by atoms with van der Waals surface area (Å²) in [6.45, 7) is 6.60. The van der Waals surface area contributed by atoms with E-state index >= 15 is 0 Å². The second-order valence-corrected chi connectivity index (χ2v) is 5.73. The van der Waals surface area contributed by atoms with Gasteiger partial charge in [-0.05, 0) is 31.6 Å². The summed E-state index contributed by atoms with van der Waals surface area (Å²) in [6, 6.07) is 0.696. The lowest BCUT2D eigenvalue weighted by Crippen LogP contribution is -2.29. The average Bonchev–Trinajstić information content (AvgIpc) is 2.69. The minimum absolute atomic E-state index is 0.696. The van der Waals surface area contributed by atoms with E-state index < -0.39 is 0 Å². The summed E-state index contributed by atoms with van der Waals surface area (Å²) in [6.07, 6.45) is 12.0. The van der Waals surface area contributed by atoms with Crippen molar-refractivity contribution in [2.75, 3.05) is 0 Å². The third-order valence-corrected chi connectivity index (χ3v) is 4.07. The molecule has 0 aliphatic heterocycles. The molecule has 1 aliphatic carbocycles. The van der Waals surface area contributed by atoms with E-state index in [2.05, 4.69) is 34.9 Å². The third kappa shape index (κ3) is 3.84. The second-order valence-electron chi connectivity index (χ2n) is 5.73. The zero-order valence-electron chi connectivity index (χ0n) is 11.9. The number of imidazole rings is 1. The third-order valence-electron chi connectivity index (χ3n) is 4.07. The van der Waals surface area contributed by atoms with E-state index in [9.17, 15) is 0 Å². The van der Waals surface area contributed by atoms with Crippen molar-refractivity contribution < 1.29 is 0 Å². The minimum Gasteiger partial charge on any atom is -0.334 e. The van der Waals surface area contributed by atoms with Gasteiger partial charge in [-0.25, -0.2) is 4.98 Å². The van der Waals surface area contributed by atoms with Gasteiger partial charge in [0, 0.05) is 25.0 Å². The first-order chi connectivity index (χ1) is 8.79. The molecule has 1 aromatic heterocycles. The molecule has 102 valence electrons. The summed E-state index contributed by atoms with van der Waals surface area (Å²) >= 11 is 0. The van der Waals surface area contributed by atoms with Gasteiger partial charge in [-0.3, -0.25) is 0 Å². The molecule has 3 heteroatoms. The lowest BCUT2D eigenvalue weighted by molar-refractivity contribution is 0.436. The van der Waals surface area contributed by atoms with E-state index in [0.29, 0.717) is 6.04 Å². The number of nitrogens with one attached hydrogen (secondary N) is 1. The van der Waals surface area contributed by atoms with Crippen LogP contribution in [0.15, 0.2) is 12.4 Å². The number of aryl methyl sites for hydroxylation is 1. The highest BCUT2D eigenvalue weighted by atomic mass is 15.1. The summed E-state index contributed by atoms with van der Waals surface area (Å²) in [5.41, 5.74) is 0. The van der Waals surface area contributed by atoms with Crippen LogP contribution in [0.2, 0.25) is 0 Å². The topological polar surface area (TPSA) is 29.9 Å².